The minimum absolute atomic E-state index is 0.377. The van der Waals surface area contributed by atoms with Crippen LogP contribution in [0.3, 0.4) is 0 Å². The van der Waals surface area contributed by atoms with Gasteiger partial charge in [-0.2, -0.15) is 0 Å². The quantitative estimate of drug-likeness (QED) is 0.751. The SMILES string of the molecule is CN1CCCC1CNCC(O)COCc1ccccc1. The van der Waals surface area contributed by atoms with Gasteiger partial charge >= 0.3 is 0 Å². The molecule has 1 aromatic carbocycles. The lowest BCUT2D eigenvalue weighted by Gasteiger charge is -2.20. The molecular weight excluding hydrogens is 252 g/mol. The molecule has 4 heteroatoms. The summed E-state index contributed by atoms with van der Waals surface area (Å²) in [5.74, 6) is 0. The molecule has 2 atom stereocenters. The van der Waals surface area contributed by atoms with E-state index in [2.05, 4.69) is 17.3 Å². The molecule has 112 valence electrons. The lowest BCUT2D eigenvalue weighted by molar-refractivity contribution is 0.0284. The lowest BCUT2D eigenvalue weighted by Crippen LogP contribution is -2.39. The van der Waals surface area contributed by atoms with Crippen LogP contribution in [0.1, 0.15) is 18.4 Å². The van der Waals surface area contributed by atoms with Gasteiger partial charge < -0.3 is 20.1 Å². The number of aliphatic hydroxyl groups excluding tert-OH is 1. The Hall–Kier alpha value is -0.940. The highest BCUT2D eigenvalue weighted by molar-refractivity contribution is 5.13. The highest BCUT2D eigenvalue weighted by atomic mass is 16.5. The van der Waals surface area contributed by atoms with Crippen molar-refractivity contribution in [2.75, 3.05) is 33.3 Å². The third-order valence-corrected chi connectivity index (χ3v) is 3.85. The van der Waals surface area contributed by atoms with Crippen molar-refractivity contribution in [2.45, 2.75) is 31.6 Å². The van der Waals surface area contributed by atoms with Gasteiger partial charge in [0.1, 0.15) is 0 Å². The molecule has 0 aliphatic carbocycles. The summed E-state index contributed by atoms with van der Waals surface area (Å²) >= 11 is 0. The summed E-state index contributed by atoms with van der Waals surface area (Å²) in [5.41, 5.74) is 1.14. The standard InChI is InChI=1S/C16H26N2O2/c1-18-9-5-8-15(18)10-17-11-16(19)13-20-12-14-6-3-2-4-7-14/h2-4,6-7,15-17,19H,5,8-13H2,1H3. The zero-order chi connectivity index (χ0) is 14.2. The lowest BCUT2D eigenvalue weighted by atomic mass is 10.2. The fourth-order valence-electron chi connectivity index (χ4n) is 2.60. The highest BCUT2D eigenvalue weighted by Crippen LogP contribution is 2.13. The molecule has 1 aliphatic heterocycles. The van der Waals surface area contributed by atoms with E-state index in [0.29, 0.717) is 25.8 Å². The van der Waals surface area contributed by atoms with Crippen molar-refractivity contribution in [1.29, 1.82) is 0 Å². The van der Waals surface area contributed by atoms with Crippen LogP contribution in [-0.2, 0) is 11.3 Å². The molecule has 0 radical (unpaired) electrons. The fourth-order valence-corrected chi connectivity index (χ4v) is 2.60. The number of likely N-dealkylation sites (N-methyl/N-ethyl adjacent to an activating group) is 1. The molecule has 1 fully saturated rings. The molecule has 4 nitrogen and oxygen atoms in total. The van der Waals surface area contributed by atoms with E-state index in [1.807, 2.05) is 30.3 Å². The van der Waals surface area contributed by atoms with Crippen molar-refractivity contribution in [1.82, 2.24) is 10.2 Å². The summed E-state index contributed by atoms with van der Waals surface area (Å²) in [6, 6.07) is 10.7. The molecule has 0 aromatic heterocycles. The molecule has 2 unspecified atom stereocenters. The molecule has 1 aromatic rings. The molecule has 2 rings (SSSR count). The maximum Gasteiger partial charge on any atom is 0.0897 e. The number of nitrogens with one attached hydrogen (secondary N) is 1. The average molecular weight is 278 g/mol. The zero-order valence-electron chi connectivity index (χ0n) is 12.3. The van der Waals surface area contributed by atoms with Gasteiger partial charge in [0, 0.05) is 19.1 Å². The molecule has 0 spiro atoms. The predicted octanol–water partition coefficient (Wildman–Crippen LogP) is 1.25. The van der Waals surface area contributed by atoms with E-state index < -0.39 is 6.10 Å². The third-order valence-electron chi connectivity index (χ3n) is 3.85. The Kier molecular flexibility index (Phi) is 6.47. The Morgan fingerprint density at radius 1 is 1.40 bits per heavy atom. The van der Waals surface area contributed by atoms with Gasteiger partial charge in [-0.25, -0.2) is 0 Å². The predicted molar refractivity (Wildman–Crippen MR) is 80.6 cm³/mol. The Morgan fingerprint density at radius 2 is 2.20 bits per heavy atom. The maximum atomic E-state index is 9.87. The second-order valence-corrected chi connectivity index (χ2v) is 5.59. The van der Waals surface area contributed by atoms with Crippen molar-refractivity contribution in [3.8, 4) is 0 Å². The molecule has 1 heterocycles. The first-order chi connectivity index (χ1) is 9.75. The van der Waals surface area contributed by atoms with E-state index in [1.165, 1.54) is 19.4 Å². The van der Waals surface area contributed by atoms with Crippen LogP contribution >= 0.6 is 0 Å². The topological polar surface area (TPSA) is 44.7 Å². The molecule has 2 N–H and O–H groups in total. The van der Waals surface area contributed by atoms with E-state index in [1.54, 1.807) is 0 Å². The number of ether oxygens (including phenoxy) is 1. The molecule has 0 saturated carbocycles. The van der Waals surface area contributed by atoms with Gasteiger partial charge in [0.25, 0.3) is 0 Å². The van der Waals surface area contributed by atoms with Crippen LogP contribution in [0.4, 0.5) is 0 Å². The number of hydrogen-bond acceptors (Lipinski definition) is 4. The summed E-state index contributed by atoms with van der Waals surface area (Å²) in [7, 11) is 2.17. The van der Waals surface area contributed by atoms with Gasteiger partial charge in [-0.3, -0.25) is 0 Å². The van der Waals surface area contributed by atoms with Gasteiger partial charge in [0.15, 0.2) is 0 Å². The molecule has 1 aliphatic rings. The molecule has 0 amide bonds. The van der Waals surface area contributed by atoms with Crippen molar-refractivity contribution in [3.63, 3.8) is 0 Å². The van der Waals surface area contributed by atoms with Crippen LogP contribution in [0.15, 0.2) is 30.3 Å². The number of rotatable bonds is 8. The molecule has 0 bridgehead atoms. The Labute approximate surface area is 121 Å². The van der Waals surface area contributed by atoms with Crippen LogP contribution in [0.25, 0.3) is 0 Å². The van der Waals surface area contributed by atoms with E-state index in [0.717, 1.165) is 12.1 Å². The van der Waals surface area contributed by atoms with E-state index in [4.69, 9.17) is 4.74 Å². The summed E-state index contributed by atoms with van der Waals surface area (Å²) in [6.45, 7) is 3.67. The zero-order valence-corrected chi connectivity index (χ0v) is 12.3. The number of aliphatic hydroxyl groups is 1. The van der Waals surface area contributed by atoms with Crippen molar-refractivity contribution < 1.29 is 9.84 Å². The summed E-state index contributed by atoms with van der Waals surface area (Å²) in [6.07, 6.45) is 2.10. The van der Waals surface area contributed by atoms with E-state index in [-0.39, 0.29) is 0 Å². The monoisotopic (exact) mass is 278 g/mol. The minimum atomic E-state index is -0.439. The number of likely N-dealkylation sites (tertiary alicyclic amines) is 1. The van der Waals surface area contributed by atoms with Crippen LogP contribution in [0.5, 0.6) is 0 Å². The van der Waals surface area contributed by atoms with Gasteiger partial charge in [-0.15, -0.1) is 0 Å². The first-order valence-corrected chi connectivity index (χ1v) is 7.46. The van der Waals surface area contributed by atoms with Crippen LogP contribution in [0, 0.1) is 0 Å². The first kappa shape index (κ1) is 15.4. The number of nitrogens with zero attached hydrogens (tertiary/aromatic N) is 1. The van der Waals surface area contributed by atoms with E-state index in [9.17, 15) is 5.11 Å². The van der Waals surface area contributed by atoms with Crippen LogP contribution < -0.4 is 5.32 Å². The highest BCUT2D eigenvalue weighted by Gasteiger charge is 2.20. The second kappa shape index (κ2) is 8.37. The number of hydrogen-bond donors (Lipinski definition) is 2. The molecule has 20 heavy (non-hydrogen) atoms. The number of benzene rings is 1. The minimum Gasteiger partial charge on any atom is -0.389 e. The maximum absolute atomic E-state index is 9.87. The largest absolute Gasteiger partial charge is 0.389 e. The Balaban J connectivity index is 1.53. The van der Waals surface area contributed by atoms with Gasteiger partial charge in [-0.05, 0) is 32.0 Å². The van der Waals surface area contributed by atoms with Crippen molar-refractivity contribution in [2.24, 2.45) is 0 Å². The smallest absolute Gasteiger partial charge is 0.0897 e. The van der Waals surface area contributed by atoms with Gasteiger partial charge in [0.05, 0.1) is 19.3 Å². The summed E-state index contributed by atoms with van der Waals surface area (Å²) in [5, 5.41) is 13.2. The molecular formula is C16H26N2O2. The van der Waals surface area contributed by atoms with E-state index >= 15 is 0 Å². The van der Waals surface area contributed by atoms with Crippen molar-refractivity contribution >= 4 is 0 Å². The summed E-state index contributed by atoms with van der Waals surface area (Å²) < 4.78 is 5.52. The van der Waals surface area contributed by atoms with Crippen LogP contribution in [0.2, 0.25) is 0 Å². The Bertz CT molecular complexity index is 372. The fraction of sp³-hybridized carbons (Fsp3) is 0.625. The van der Waals surface area contributed by atoms with Gasteiger partial charge in [0.2, 0.25) is 0 Å². The normalized spacial score (nSPS) is 21.2. The van der Waals surface area contributed by atoms with Gasteiger partial charge in [-0.1, -0.05) is 30.3 Å². The Morgan fingerprint density at radius 3 is 2.90 bits per heavy atom. The summed E-state index contributed by atoms with van der Waals surface area (Å²) in [4.78, 5) is 2.38. The second-order valence-electron chi connectivity index (χ2n) is 5.59. The first-order valence-electron chi connectivity index (χ1n) is 7.46. The average Bonchev–Trinajstić information content (AvgIpc) is 2.86. The van der Waals surface area contributed by atoms with Crippen LogP contribution in [-0.4, -0.2) is 55.4 Å². The van der Waals surface area contributed by atoms with Crippen molar-refractivity contribution in [3.05, 3.63) is 35.9 Å². The third kappa shape index (κ3) is 5.21. The molecule has 1 saturated heterocycles.